The summed E-state index contributed by atoms with van der Waals surface area (Å²) in [5, 5.41) is 14.9. The number of aromatic nitrogens is 1. The highest BCUT2D eigenvalue weighted by Crippen LogP contribution is 2.22. The molecule has 1 unspecified atom stereocenters. The number of aliphatic hydroxyl groups excluding tert-OH is 1. The van der Waals surface area contributed by atoms with E-state index in [0.717, 1.165) is 55.1 Å². The molecule has 2 heterocycles. The van der Waals surface area contributed by atoms with Crippen LogP contribution in [0.4, 0.5) is 8.78 Å². The molecule has 10 heteroatoms. The molecule has 176 valence electrons. The van der Waals surface area contributed by atoms with Gasteiger partial charge in [0.05, 0.1) is 10.2 Å². The Labute approximate surface area is 211 Å². The van der Waals surface area contributed by atoms with Crippen LogP contribution in [0.2, 0.25) is 0 Å². The number of rotatable bonds is 8. The van der Waals surface area contributed by atoms with Crippen molar-refractivity contribution < 1.29 is 18.6 Å². The third-order valence-corrected chi connectivity index (χ3v) is 6.31. The molecule has 0 bridgehead atoms. The van der Waals surface area contributed by atoms with Gasteiger partial charge in [-0.1, -0.05) is 12.1 Å². The second kappa shape index (κ2) is 12.9. The van der Waals surface area contributed by atoms with E-state index >= 15 is 0 Å². The first-order valence-corrected chi connectivity index (χ1v) is 10.9. The van der Waals surface area contributed by atoms with Crippen LogP contribution >= 0.6 is 45.3 Å². The quantitative estimate of drug-likeness (QED) is 0.395. The highest BCUT2D eigenvalue weighted by atomic mass is 79.9. The number of thiazole rings is 1. The number of aliphatic hydroxyl groups is 1. The summed E-state index contributed by atoms with van der Waals surface area (Å²) in [6.07, 6.45) is 1.31. The van der Waals surface area contributed by atoms with Crippen LogP contribution in [-0.4, -0.2) is 53.4 Å². The predicted octanol–water partition coefficient (Wildman–Crippen LogP) is 4.72. The number of nitrogens with one attached hydrogen (secondary N) is 1. The van der Waals surface area contributed by atoms with Crippen LogP contribution in [0.5, 0.6) is 5.75 Å². The van der Waals surface area contributed by atoms with Crippen molar-refractivity contribution in [2.24, 2.45) is 0 Å². The minimum Gasteiger partial charge on any atom is -0.491 e. The van der Waals surface area contributed by atoms with Gasteiger partial charge in [-0.05, 0) is 50.2 Å². The summed E-state index contributed by atoms with van der Waals surface area (Å²) in [6, 6.07) is 12.0. The van der Waals surface area contributed by atoms with Gasteiger partial charge in [0.25, 0.3) is 0 Å². The molecule has 0 spiro atoms. The minimum absolute atomic E-state index is 0. The third kappa shape index (κ3) is 7.43. The molecule has 3 aromatic rings. The zero-order valence-electron chi connectivity index (χ0n) is 17.4. The van der Waals surface area contributed by atoms with Gasteiger partial charge in [-0.15, -0.1) is 45.3 Å². The molecule has 2 aromatic carbocycles. The van der Waals surface area contributed by atoms with E-state index in [1.807, 2.05) is 18.2 Å². The Morgan fingerprint density at radius 3 is 2.59 bits per heavy atom. The molecule has 1 atom stereocenters. The summed E-state index contributed by atoms with van der Waals surface area (Å²) in [4.78, 5) is 6.86. The highest BCUT2D eigenvalue weighted by Gasteiger charge is 2.21. The van der Waals surface area contributed by atoms with Crippen molar-refractivity contribution in [1.29, 1.82) is 0 Å². The third-order valence-electron chi connectivity index (χ3n) is 5.27. The van der Waals surface area contributed by atoms with Gasteiger partial charge < -0.3 is 20.1 Å². The second-order valence-electron chi connectivity index (χ2n) is 7.57. The van der Waals surface area contributed by atoms with E-state index in [9.17, 15) is 13.9 Å². The average molecular weight is 595 g/mol. The number of halogens is 4. The lowest BCUT2D eigenvalue weighted by atomic mass is 10.0. The van der Waals surface area contributed by atoms with Gasteiger partial charge in [0, 0.05) is 25.2 Å². The molecule has 5 nitrogen and oxygen atoms in total. The molecule has 0 saturated carbocycles. The van der Waals surface area contributed by atoms with E-state index in [1.54, 1.807) is 11.3 Å². The Balaban J connectivity index is 0.00000181. The second-order valence-corrected chi connectivity index (χ2v) is 8.69. The molecule has 2 N–H and O–H groups in total. The van der Waals surface area contributed by atoms with Crippen molar-refractivity contribution >= 4 is 55.5 Å². The monoisotopic (exact) mass is 593 g/mol. The number of fused-ring (bicyclic) bond motifs is 1. The number of para-hydroxylation sites is 1. The van der Waals surface area contributed by atoms with Gasteiger partial charge in [-0.2, -0.15) is 0 Å². The largest absolute Gasteiger partial charge is 0.491 e. The number of β-amino-alcohol motifs (C(OH)–C–C–N with tert-alkyl or cyclic N) is 1. The van der Waals surface area contributed by atoms with Crippen LogP contribution in [0.1, 0.15) is 17.8 Å². The minimum atomic E-state index is -0.956. The summed E-state index contributed by atoms with van der Waals surface area (Å²) in [6.45, 7) is 3.09. The number of likely N-dealkylation sites (tertiary alicyclic amines) is 1. The van der Waals surface area contributed by atoms with Gasteiger partial charge in [0.15, 0.2) is 11.6 Å². The Bertz CT molecular complexity index is 954. The zero-order chi connectivity index (χ0) is 20.9. The normalized spacial score (nSPS) is 15.7. The number of hydrogen-bond donors (Lipinski definition) is 2. The van der Waals surface area contributed by atoms with Crippen molar-refractivity contribution in [2.75, 3.05) is 26.2 Å². The van der Waals surface area contributed by atoms with Gasteiger partial charge in [0.2, 0.25) is 0 Å². The van der Waals surface area contributed by atoms with Crippen LogP contribution in [0, 0.1) is 11.6 Å². The molecular formula is C22H27Br2F2N3O2S. The van der Waals surface area contributed by atoms with Crippen molar-refractivity contribution in [2.45, 2.75) is 31.5 Å². The standard InChI is InChI=1S/C22H25F2N3O2S.2BrH/c23-18-6-5-17(11-19(18)24)29-14-16(28)13-27-9-7-15(8-10-27)25-12-22-26-20-3-1-2-4-21(20)30-22;;/h1-6,11,15-16,25,28H,7-10,12-14H2;2*1H. The molecule has 0 aliphatic carbocycles. The molecule has 1 aliphatic rings. The lowest BCUT2D eigenvalue weighted by molar-refractivity contribution is 0.0577. The molecular weight excluding hydrogens is 568 g/mol. The lowest BCUT2D eigenvalue weighted by Gasteiger charge is -2.33. The fraction of sp³-hybridized carbons (Fsp3) is 0.409. The van der Waals surface area contributed by atoms with Gasteiger partial charge in [-0.25, -0.2) is 13.8 Å². The van der Waals surface area contributed by atoms with E-state index in [1.165, 1.54) is 10.8 Å². The summed E-state index contributed by atoms with van der Waals surface area (Å²) in [7, 11) is 0. The molecule has 0 radical (unpaired) electrons. The fourth-order valence-corrected chi connectivity index (χ4v) is 4.57. The number of nitrogens with zero attached hydrogens (tertiary/aromatic N) is 2. The van der Waals surface area contributed by atoms with E-state index in [-0.39, 0.29) is 46.3 Å². The van der Waals surface area contributed by atoms with Crippen molar-refractivity contribution in [3.05, 3.63) is 59.1 Å². The van der Waals surface area contributed by atoms with Crippen LogP contribution in [-0.2, 0) is 6.54 Å². The summed E-state index contributed by atoms with van der Waals surface area (Å²) in [5.74, 6) is -1.66. The molecule has 1 saturated heterocycles. The van der Waals surface area contributed by atoms with Gasteiger partial charge >= 0.3 is 0 Å². The van der Waals surface area contributed by atoms with Crippen molar-refractivity contribution in [3.63, 3.8) is 0 Å². The smallest absolute Gasteiger partial charge is 0.162 e. The number of piperidine rings is 1. The van der Waals surface area contributed by atoms with Gasteiger partial charge in [0.1, 0.15) is 23.5 Å². The number of ether oxygens (including phenoxy) is 1. The Hall–Kier alpha value is -1.17. The van der Waals surface area contributed by atoms with Crippen molar-refractivity contribution in [1.82, 2.24) is 15.2 Å². The maximum Gasteiger partial charge on any atom is 0.162 e. The first-order chi connectivity index (χ1) is 14.6. The lowest BCUT2D eigenvalue weighted by Crippen LogP contribution is -2.45. The summed E-state index contributed by atoms with van der Waals surface area (Å²) >= 11 is 1.72. The molecule has 1 aromatic heterocycles. The topological polar surface area (TPSA) is 57.6 Å². The highest BCUT2D eigenvalue weighted by molar-refractivity contribution is 8.93. The molecule has 1 aliphatic heterocycles. The average Bonchev–Trinajstić information content (AvgIpc) is 3.17. The Morgan fingerprint density at radius 2 is 1.88 bits per heavy atom. The number of hydrogen-bond acceptors (Lipinski definition) is 6. The van der Waals surface area contributed by atoms with Crippen LogP contribution in [0.3, 0.4) is 0 Å². The molecule has 1 fully saturated rings. The first-order valence-electron chi connectivity index (χ1n) is 10.1. The molecule has 0 amide bonds. The van der Waals surface area contributed by atoms with Crippen molar-refractivity contribution in [3.8, 4) is 5.75 Å². The maximum atomic E-state index is 13.2. The zero-order valence-corrected chi connectivity index (χ0v) is 21.6. The van der Waals surface area contributed by atoms with Crippen LogP contribution in [0.25, 0.3) is 10.2 Å². The molecule has 4 rings (SSSR count). The Morgan fingerprint density at radius 1 is 1.12 bits per heavy atom. The van der Waals surface area contributed by atoms with E-state index in [0.29, 0.717) is 12.6 Å². The fourth-order valence-electron chi connectivity index (χ4n) is 3.66. The van der Waals surface area contributed by atoms with E-state index in [2.05, 4.69) is 21.3 Å². The van der Waals surface area contributed by atoms with E-state index < -0.39 is 17.7 Å². The predicted molar refractivity (Wildman–Crippen MR) is 134 cm³/mol. The van der Waals surface area contributed by atoms with E-state index in [4.69, 9.17) is 4.74 Å². The van der Waals surface area contributed by atoms with Crippen LogP contribution < -0.4 is 10.1 Å². The molecule has 32 heavy (non-hydrogen) atoms. The Kier molecular flexibility index (Phi) is 10.9. The number of benzene rings is 2. The van der Waals surface area contributed by atoms with Gasteiger partial charge in [-0.3, -0.25) is 0 Å². The first kappa shape index (κ1) is 27.1. The summed E-state index contributed by atoms with van der Waals surface area (Å²) in [5.41, 5.74) is 1.05. The maximum absolute atomic E-state index is 13.2. The van der Waals surface area contributed by atoms with Crippen LogP contribution in [0.15, 0.2) is 42.5 Å². The SMILES string of the molecule is Br.Br.OC(COc1ccc(F)c(F)c1)CN1CCC(NCc2nc3ccccc3s2)CC1. The summed E-state index contributed by atoms with van der Waals surface area (Å²) < 4.78 is 32.7.